The summed E-state index contributed by atoms with van der Waals surface area (Å²) in [7, 11) is 3.36. The summed E-state index contributed by atoms with van der Waals surface area (Å²) in [6.07, 6.45) is 1.87. The number of pyridine rings is 1. The summed E-state index contributed by atoms with van der Waals surface area (Å²) in [4.78, 5) is 17.9. The first-order valence-electron chi connectivity index (χ1n) is 6.26. The van der Waals surface area contributed by atoms with Crippen LogP contribution in [0.3, 0.4) is 0 Å². The molecule has 1 aliphatic heterocycles. The van der Waals surface area contributed by atoms with Gasteiger partial charge in [0, 0.05) is 20.7 Å². The van der Waals surface area contributed by atoms with Crippen LogP contribution >= 0.6 is 0 Å². The van der Waals surface area contributed by atoms with Gasteiger partial charge < -0.3 is 15.0 Å². The van der Waals surface area contributed by atoms with E-state index in [0.717, 1.165) is 12.6 Å². The Morgan fingerprint density at radius 3 is 2.95 bits per heavy atom. The summed E-state index contributed by atoms with van der Waals surface area (Å²) >= 11 is 0. The number of carbonyl (C=O) groups is 1. The van der Waals surface area contributed by atoms with Gasteiger partial charge in [0.1, 0.15) is 11.6 Å². The predicted molar refractivity (Wildman–Crippen MR) is 69.7 cm³/mol. The Bertz CT molecular complexity index is 481. The molecule has 1 N–H and O–H groups in total. The number of ether oxygens (including phenoxy) is 1. The highest BCUT2D eigenvalue weighted by Crippen LogP contribution is 2.22. The van der Waals surface area contributed by atoms with Gasteiger partial charge in [-0.1, -0.05) is 0 Å². The van der Waals surface area contributed by atoms with E-state index in [1.807, 2.05) is 6.92 Å². The molecular formula is C13H18FN3O2. The van der Waals surface area contributed by atoms with Gasteiger partial charge in [0.05, 0.1) is 23.9 Å². The lowest BCUT2D eigenvalue weighted by molar-refractivity contribution is 0.0575. The summed E-state index contributed by atoms with van der Waals surface area (Å²) in [6, 6.07) is 1.22. The lowest BCUT2D eigenvalue weighted by atomic mass is 10.1. The third-order valence-corrected chi connectivity index (χ3v) is 3.48. The molecule has 1 saturated heterocycles. The van der Waals surface area contributed by atoms with E-state index in [2.05, 4.69) is 10.3 Å². The molecule has 1 fully saturated rings. The summed E-state index contributed by atoms with van der Waals surface area (Å²) < 4.78 is 18.7. The molecule has 2 atom stereocenters. The molecular weight excluding hydrogens is 249 g/mol. The molecule has 0 spiro atoms. The molecule has 5 nitrogen and oxygen atoms in total. The van der Waals surface area contributed by atoms with Crippen molar-refractivity contribution in [2.45, 2.75) is 25.5 Å². The van der Waals surface area contributed by atoms with Crippen molar-refractivity contribution in [2.24, 2.45) is 0 Å². The van der Waals surface area contributed by atoms with Gasteiger partial charge in [-0.05, 0) is 19.4 Å². The maximum absolute atomic E-state index is 13.3. The van der Waals surface area contributed by atoms with Crippen molar-refractivity contribution < 1.29 is 13.9 Å². The molecule has 1 aromatic rings. The highest BCUT2D eigenvalue weighted by atomic mass is 19.1. The molecule has 1 amide bonds. The first kappa shape index (κ1) is 13.7. The van der Waals surface area contributed by atoms with Gasteiger partial charge in [-0.15, -0.1) is 0 Å². The Kier molecular flexibility index (Phi) is 3.99. The Hall–Kier alpha value is -1.69. The third kappa shape index (κ3) is 2.68. The van der Waals surface area contributed by atoms with Crippen LogP contribution in [0.4, 0.5) is 10.2 Å². The number of anilines is 1. The number of carbonyl (C=O) groups excluding carboxylic acids is 1. The lowest BCUT2D eigenvalue weighted by Crippen LogP contribution is -2.41. The molecule has 0 aromatic carbocycles. The molecule has 6 heteroatoms. The van der Waals surface area contributed by atoms with Gasteiger partial charge >= 0.3 is 0 Å². The predicted octanol–water partition coefficient (Wildman–Crippen LogP) is 1.51. The van der Waals surface area contributed by atoms with Crippen LogP contribution in [0.15, 0.2) is 12.3 Å². The van der Waals surface area contributed by atoms with Gasteiger partial charge in [0.15, 0.2) is 0 Å². The second kappa shape index (κ2) is 5.52. The van der Waals surface area contributed by atoms with Gasteiger partial charge in [0.2, 0.25) is 0 Å². The van der Waals surface area contributed by atoms with Gasteiger partial charge in [-0.25, -0.2) is 9.37 Å². The van der Waals surface area contributed by atoms with Crippen molar-refractivity contribution in [1.82, 2.24) is 9.88 Å². The molecule has 104 valence electrons. The highest BCUT2D eigenvalue weighted by molar-refractivity contribution is 5.98. The van der Waals surface area contributed by atoms with Crippen LogP contribution in [-0.2, 0) is 4.74 Å². The van der Waals surface area contributed by atoms with E-state index < -0.39 is 5.82 Å². The maximum atomic E-state index is 13.3. The molecule has 1 aromatic heterocycles. The molecule has 19 heavy (non-hydrogen) atoms. The molecule has 2 unspecified atom stereocenters. The molecule has 0 bridgehead atoms. The van der Waals surface area contributed by atoms with Crippen LogP contribution < -0.4 is 5.32 Å². The lowest BCUT2D eigenvalue weighted by Gasteiger charge is -2.27. The quantitative estimate of drug-likeness (QED) is 0.902. The summed E-state index contributed by atoms with van der Waals surface area (Å²) in [6.45, 7) is 2.58. The molecule has 1 aliphatic rings. The monoisotopic (exact) mass is 267 g/mol. The average molecular weight is 267 g/mol. The number of hydrogen-bond donors (Lipinski definition) is 1. The second-order valence-corrected chi connectivity index (χ2v) is 4.65. The molecule has 2 heterocycles. The van der Waals surface area contributed by atoms with Gasteiger partial charge in [-0.3, -0.25) is 4.79 Å². The maximum Gasteiger partial charge on any atom is 0.257 e. The minimum Gasteiger partial charge on any atom is -0.376 e. The van der Waals surface area contributed by atoms with E-state index in [1.54, 1.807) is 19.0 Å². The van der Waals surface area contributed by atoms with Gasteiger partial charge in [-0.2, -0.15) is 0 Å². The zero-order chi connectivity index (χ0) is 14.0. The van der Waals surface area contributed by atoms with Crippen molar-refractivity contribution in [1.29, 1.82) is 0 Å². The van der Waals surface area contributed by atoms with Crippen molar-refractivity contribution in [3.05, 3.63) is 23.6 Å². The van der Waals surface area contributed by atoms with E-state index in [4.69, 9.17) is 4.74 Å². The fourth-order valence-corrected chi connectivity index (χ4v) is 2.37. The standard InChI is InChI=1S/C13H18FN3O2/c1-8-11(4-5-19-8)17(3)13(18)10-6-9(14)7-16-12(10)15-2/h6-8,11H,4-5H2,1-3H3,(H,15,16). The Morgan fingerprint density at radius 2 is 2.37 bits per heavy atom. The third-order valence-electron chi connectivity index (χ3n) is 3.48. The van der Waals surface area contributed by atoms with E-state index in [0.29, 0.717) is 12.4 Å². The average Bonchev–Trinajstić information content (AvgIpc) is 2.83. The highest BCUT2D eigenvalue weighted by Gasteiger charge is 2.32. The number of halogens is 1. The minimum absolute atomic E-state index is 0.00601. The Morgan fingerprint density at radius 1 is 1.63 bits per heavy atom. The topological polar surface area (TPSA) is 54.5 Å². The molecule has 0 saturated carbocycles. The second-order valence-electron chi connectivity index (χ2n) is 4.65. The van der Waals surface area contributed by atoms with Crippen molar-refractivity contribution in [3.8, 4) is 0 Å². The molecule has 0 aliphatic carbocycles. The number of nitrogens with one attached hydrogen (secondary N) is 1. The summed E-state index contributed by atoms with van der Waals surface area (Å²) in [5, 5.41) is 2.80. The van der Waals surface area contributed by atoms with E-state index in [1.165, 1.54) is 6.07 Å². The minimum atomic E-state index is -0.522. The normalized spacial score (nSPS) is 22.3. The Labute approximate surface area is 111 Å². The van der Waals surface area contributed by atoms with Crippen LogP contribution in [0.25, 0.3) is 0 Å². The SMILES string of the molecule is CNc1ncc(F)cc1C(=O)N(C)C1CCOC1C. The summed E-state index contributed by atoms with van der Waals surface area (Å²) in [5.41, 5.74) is 0.240. The fourth-order valence-electron chi connectivity index (χ4n) is 2.37. The number of hydrogen-bond acceptors (Lipinski definition) is 4. The number of rotatable bonds is 3. The van der Waals surface area contributed by atoms with E-state index >= 15 is 0 Å². The number of likely N-dealkylation sites (N-methyl/N-ethyl adjacent to an activating group) is 1. The van der Waals surface area contributed by atoms with Crippen LogP contribution in [-0.4, -0.2) is 48.6 Å². The van der Waals surface area contributed by atoms with Crippen LogP contribution in [0.5, 0.6) is 0 Å². The van der Waals surface area contributed by atoms with Crippen molar-refractivity contribution >= 4 is 11.7 Å². The Balaban J connectivity index is 2.25. The fraction of sp³-hybridized carbons (Fsp3) is 0.538. The van der Waals surface area contributed by atoms with Crippen LogP contribution in [0, 0.1) is 5.82 Å². The number of aromatic nitrogens is 1. The van der Waals surface area contributed by atoms with Crippen molar-refractivity contribution in [3.63, 3.8) is 0 Å². The summed E-state index contributed by atoms with van der Waals surface area (Å²) in [5.74, 6) is -0.394. The van der Waals surface area contributed by atoms with E-state index in [9.17, 15) is 9.18 Å². The van der Waals surface area contributed by atoms with E-state index in [-0.39, 0.29) is 23.6 Å². The molecule has 0 radical (unpaired) electrons. The van der Waals surface area contributed by atoms with Gasteiger partial charge in [0.25, 0.3) is 5.91 Å². The van der Waals surface area contributed by atoms with Crippen LogP contribution in [0.2, 0.25) is 0 Å². The molecule has 2 rings (SSSR count). The number of nitrogens with zero attached hydrogens (tertiary/aromatic N) is 2. The largest absolute Gasteiger partial charge is 0.376 e. The smallest absolute Gasteiger partial charge is 0.257 e. The first-order chi connectivity index (χ1) is 9.04. The van der Waals surface area contributed by atoms with Crippen LogP contribution in [0.1, 0.15) is 23.7 Å². The zero-order valence-corrected chi connectivity index (χ0v) is 11.3. The first-order valence-corrected chi connectivity index (χ1v) is 6.26. The number of amides is 1. The zero-order valence-electron chi connectivity index (χ0n) is 11.3. The van der Waals surface area contributed by atoms with Crippen molar-refractivity contribution in [2.75, 3.05) is 26.0 Å².